The number of furan rings is 1. The van der Waals surface area contributed by atoms with Crippen molar-refractivity contribution >= 4 is 79.8 Å². The summed E-state index contributed by atoms with van der Waals surface area (Å²) >= 11 is 0. The Balaban J connectivity index is 1.15. The van der Waals surface area contributed by atoms with Crippen LogP contribution >= 0.6 is 0 Å². The van der Waals surface area contributed by atoms with Gasteiger partial charge in [0, 0.05) is 55.9 Å². The zero-order chi connectivity index (χ0) is 56.6. The summed E-state index contributed by atoms with van der Waals surface area (Å²) in [6.07, 6.45) is 5.78. The van der Waals surface area contributed by atoms with E-state index in [1.54, 1.807) is 0 Å². The lowest BCUT2D eigenvalue weighted by atomic mass is 9.35. The van der Waals surface area contributed by atoms with Gasteiger partial charge < -0.3 is 19.1 Å². The molecule has 5 aliphatic rings. The monoisotopic (exact) mass is 1060 g/mol. The molecule has 0 saturated heterocycles. The summed E-state index contributed by atoms with van der Waals surface area (Å²) in [6.45, 7) is 33.4. The first-order valence-corrected chi connectivity index (χ1v) is 30.2. The topological polar surface area (TPSA) is 22.9 Å². The number of rotatable bonds is 6. The third-order valence-corrected chi connectivity index (χ3v) is 20.8. The Bertz CT molecular complexity index is 4020. The fourth-order valence-corrected chi connectivity index (χ4v) is 16.2. The molecule has 408 valence electrons. The van der Waals surface area contributed by atoms with Gasteiger partial charge in [-0.3, -0.25) is 0 Å². The number of benzene rings is 8. The maximum absolute atomic E-state index is 7.77. The molecular formula is C76H80BN3O. The number of para-hydroxylation sites is 1. The lowest BCUT2D eigenvalue weighted by Crippen LogP contribution is -2.61. The molecule has 0 spiro atoms. The lowest BCUT2D eigenvalue weighted by Gasteiger charge is -2.51. The van der Waals surface area contributed by atoms with Crippen LogP contribution < -0.4 is 31.3 Å². The number of fused-ring (bicyclic) bond motifs is 10. The molecule has 1 saturated carbocycles. The maximum Gasteiger partial charge on any atom is 0.297 e. The molecule has 1 fully saturated rings. The van der Waals surface area contributed by atoms with Crippen molar-refractivity contribution < 1.29 is 4.42 Å². The van der Waals surface area contributed by atoms with Gasteiger partial charge in [0.15, 0.2) is 0 Å². The average Bonchev–Trinajstić information content (AvgIpc) is 4.21. The van der Waals surface area contributed by atoms with Gasteiger partial charge >= 0.3 is 0 Å². The number of anilines is 8. The Morgan fingerprint density at radius 3 is 1.77 bits per heavy atom. The lowest BCUT2D eigenvalue weighted by molar-refractivity contribution is 0.195. The predicted molar refractivity (Wildman–Crippen MR) is 345 cm³/mol. The van der Waals surface area contributed by atoms with Crippen molar-refractivity contribution in [2.24, 2.45) is 0 Å². The van der Waals surface area contributed by atoms with Crippen molar-refractivity contribution in [1.29, 1.82) is 0 Å². The van der Waals surface area contributed by atoms with E-state index in [-0.39, 0.29) is 44.7 Å². The molecule has 81 heavy (non-hydrogen) atoms. The summed E-state index contributed by atoms with van der Waals surface area (Å²) in [5, 5.41) is 1.18. The summed E-state index contributed by atoms with van der Waals surface area (Å²) in [5.41, 5.74) is 25.3. The molecule has 2 atom stereocenters. The second-order valence-electron chi connectivity index (χ2n) is 29.2. The van der Waals surface area contributed by atoms with Crippen molar-refractivity contribution in [2.75, 3.05) is 14.7 Å². The second-order valence-corrected chi connectivity index (χ2v) is 29.2. The minimum Gasteiger partial charge on any atom is -0.468 e. The minimum absolute atomic E-state index is 0.00245. The highest BCUT2D eigenvalue weighted by molar-refractivity contribution is 7.00. The fourth-order valence-electron chi connectivity index (χ4n) is 16.2. The largest absolute Gasteiger partial charge is 0.468 e. The van der Waals surface area contributed by atoms with Gasteiger partial charge in [0.25, 0.3) is 6.71 Å². The summed E-state index contributed by atoms with van der Waals surface area (Å²) in [7, 11) is 0. The van der Waals surface area contributed by atoms with Crippen LogP contribution in [0.25, 0.3) is 22.1 Å². The van der Waals surface area contributed by atoms with Gasteiger partial charge in [0.1, 0.15) is 5.58 Å². The molecule has 4 nitrogen and oxygen atoms in total. The molecule has 0 amide bonds. The van der Waals surface area contributed by atoms with E-state index in [4.69, 9.17) is 4.42 Å². The van der Waals surface area contributed by atoms with Crippen LogP contribution in [0.5, 0.6) is 0 Å². The quantitative estimate of drug-likeness (QED) is 0.155. The standard InChI is InChI=1S/C76H80BN3O/c1-70(2,3)49-31-35-53(36-32-49)78-64-43-54(80-62-30-22-21-29-57(62)75(13)39-23-24-40-76(75,80)14)44-65-67(64)77(69-68(78)56-45-58-59(46-66(56)81-69)73(9,10)47-72(58,7)8)60-37-33-52(74(11,12)50-27-19-16-20-28-50)42-63(60)79(65)61-38-34-51(71(4,5)6)41-55(61)48-25-17-15-18-26-48/h15-22,25-38,41-46H,23-24,39-40,47H2,1-14H3. The van der Waals surface area contributed by atoms with E-state index >= 15 is 0 Å². The predicted octanol–water partition coefficient (Wildman–Crippen LogP) is 18.8. The third kappa shape index (κ3) is 7.54. The van der Waals surface area contributed by atoms with Crippen LogP contribution in [0.1, 0.15) is 168 Å². The van der Waals surface area contributed by atoms with Gasteiger partial charge in [0.05, 0.1) is 22.6 Å². The molecule has 2 aliphatic carbocycles. The van der Waals surface area contributed by atoms with Gasteiger partial charge in [0.2, 0.25) is 0 Å². The third-order valence-electron chi connectivity index (χ3n) is 20.8. The van der Waals surface area contributed by atoms with E-state index in [2.05, 4.69) is 281 Å². The Labute approximate surface area is 483 Å². The molecule has 9 aromatic rings. The smallest absolute Gasteiger partial charge is 0.297 e. The van der Waals surface area contributed by atoms with E-state index in [0.29, 0.717) is 0 Å². The summed E-state index contributed by atoms with van der Waals surface area (Å²) in [4.78, 5) is 8.12. The Kier molecular flexibility index (Phi) is 11.1. The molecule has 2 unspecified atom stereocenters. The number of hydrogen-bond donors (Lipinski definition) is 0. The second kappa shape index (κ2) is 17.4. The Hall–Kier alpha value is -7.24. The van der Waals surface area contributed by atoms with Crippen molar-refractivity contribution in [3.8, 4) is 11.1 Å². The number of hydrogen-bond acceptors (Lipinski definition) is 4. The SMILES string of the molecule is CC(C)(C)c1ccc(N2c3cc(N4c5ccccc5C5(C)CCCCC45C)cc4c3B(c3ccc(C(C)(C)c5ccccc5)cc3N4c3ccc(C(C)(C)C)cc3-c3ccccc3)c3oc4cc5c(cc4c32)C(C)(C)CC5(C)C)cc1. The zero-order valence-electron chi connectivity index (χ0n) is 50.5. The first-order valence-electron chi connectivity index (χ1n) is 30.2. The molecule has 0 radical (unpaired) electrons. The summed E-state index contributed by atoms with van der Waals surface area (Å²) < 4.78 is 7.77. The Morgan fingerprint density at radius 2 is 1.07 bits per heavy atom. The van der Waals surface area contributed by atoms with E-state index in [1.165, 1.54) is 108 Å². The molecule has 14 rings (SSSR count). The number of nitrogens with zero attached hydrogens (tertiary/aromatic N) is 3. The molecule has 5 heteroatoms. The van der Waals surface area contributed by atoms with E-state index < -0.39 is 0 Å². The van der Waals surface area contributed by atoms with Crippen LogP contribution in [-0.4, -0.2) is 12.3 Å². The van der Waals surface area contributed by atoms with E-state index in [0.717, 1.165) is 47.6 Å². The summed E-state index contributed by atoms with van der Waals surface area (Å²) in [5.74, 6) is 0. The highest BCUT2D eigenvalue weighted by atomic mass is 16.3. The van der Waals surface area contributed by atoms with E-state index in [1.807, 2.05) is 0 Å². The van der Waals surface area contributed by atoms with Crippen LogP contribution in [0.2, 0.25) is 0 Å². The normalized spacial score (nSPS) is 20.4. The van der Waals surface area contributed by atoms with Gasteiger partial charge in [-0.15, -0.1) is 0 Å². The molecule has 1 aromatic heterocycles. The van der Waals surface area contributed by atoms with E-state index in [9.17, 15) is 0 Å². The minimum atomic E-state index is -0.305. The Morgan fingerprint density at radius 1 is 0.469 bits per heavy atom. The first kappa shape index (κ1) is 51.9. The van der Waals surface area contributed by atoms with Crippen molar-refractivity contribution in [3.05, 3.63) is 209 Å². The molecule has 4 heterocycles. The molecule has 8 aromatic carbocycles. The highest BCUT2D eigenvalue weighted by Gasteiger charge is 2.58. The van der Waals surface area contributed by atoms with Gasteiger partial charge in [-0.2, -0.15) is 0 Å². The van der Waals surface area contributed by atoms with Crippen LogP contribution in [0.15, 0.2) is 174 Å². The van der Waals surface area contributed by atoms with Crippen LogP contribution in [0.4, 0.5) is 45.5 Å². The van der Waals surface area contributed by atoms with Crippen molar-refractivity contribution in [2.45, 2.75) is 167 Å². The van der Waals surface area contributed by atoms with Gasteiger partial charge in [-0.1, -0.05) is 212 Å². The average molecular weight is 1060 g/mol. The van der Waals surface area contributed by atoms with Crippen LogP contribution in [0, 0.1) is 0 Å². The summed E-state index contributed by atoms with van der Waals surface area (Å²) in [6, 6.07) is 66.1. The molecular weight excluding hydrogens is 982 g/mol. The van der Waals surface area contributed by atoms with Gasteiger partial charge in [-0.05, 0) is 164 Å². The van der Waals surface area contributed by atoms with Crippen molar-refractivity contribution in [3.63, 3.8) is 0 Å². The molecule has 3 aliphatic heterocycles. The molecule has 0 bridgehead atoms. The van der Waals surface area contributed by atoms with Crippen LogP contribution in [0.3, 0.4) is 0 Å². The first-order chi connectivity index (χ1) is 38.4. The molecule has 0 N–H and O–H groups in total. The highest BCUT2D eigenvalue weighted by Crippen LogP contribution is 2.62. The fraction of sp³-hybridized carbons (Fsp3) is 0.342. The maximum atomic E-state index is 7.77. The van der Waals surface area contributed by atoms with Gasteiger partial charge in [-0.25, -0.2) is 0 Å². The zero-order valence-corrected chi connectivity index (χ0v) is 50.5. The van der Waals surface area contributed by atoms with Crippen LogP contribution in [-0.2, 0) is 32.5 Å². The van der Waals surface area contributed by atoms with Crippen molar-refractivity contribution in [1.82, 2.24) is 0 Å².